The van der Waals surface area contributed by atoms with Crippen LogP contribution in [0.1, 0.15) is 35.2 Å². The summed E-state index contributed by atoms with van der Waals surface area (Å²) in [4.78, 5) is 25.3. The Morgan fingerprint density at radius 1 is 1.12 bits per heavy atom. The molecule has 2 aliphatic heterocycles. The molecule has 0 spiro atoms. The summed E-state index contributed by atoms with van der Waals surface area (Å²) in [6.45, 7) is 5.40. The van der Waals surface area contributed by atoms with Crippen LogP contribution in [0.3, 0.4) is 0 Å². The Hall–Kier alpha value is -2.63. The van der Waals surface area contributed by atoms with Crippen LogP contribution < -0.4 is 9.64 Å². The quantitative estimate of drug-likeness (QED) is 0.847. The first-order chi connectivity index (χ1) is 12.7. The zero-order valence-electron chi connectivity index (χ0n) is 15.1. The lowest BCUT2D eigenvalue weighted by Crippen LogP contribution is -2.31. The summed E-state index contributed by atoms with van der Waals surface area (Å²) < 4.78 is 6.04. The first-order valence-electron chi connectivity index (χ1n) is 9.28. The maximum absolute atomic E-state index is 12.6. The fourth-order valence-corrected chi connectivity index (χ4v) is 3.57. The van der Waals surface area contributed by atoms with E-state index in [1.165, 1.54) is 12.8 Å². The van der Waals surface area contributed by atoms with Crippen LogP contribution in [-0.4, -0.2) is 53.1 Å². The Morgan fingerprint density at radius 2 is 1.88 bits per heavy atom. The lowest BCUT2D eigenvalue weighted by atomic mass is 10.1. The molecule has 0 N–H and O–H groups in total. The highest BCUT2D eigenvalue weighted by atomic mass is 16.5. The number of ether oxygens (including phenoxy) is 1. The molecule has 0 aliphatic carbocycles. The predicted octanol–water partition coefficient (Wildman–Crippen LogP) is 2.68. The molecule has 3 heterocycles. The minimum absolute atomic E-state index is 0.0225. The van der Waals surface area contributed by atoms with Crippen LogP contribution in [0.4, 0.5) is 5.82 Å². The maximum atomic E-state index is 12.6. The molecule has 1 aromatic carbocycles. The third-order valence-corrected chi connectivity index (χ3v) is 5.08. The molecule has 1 aromatic heterocycles. The lowest BCUT2D eigenvalue weighted by molar-refractivity contribution is 0.0771. The van der Waals surface area contributed by atoms with Crippen LogP contribution in [0, 0.1) is 6.92 Å². The van der Waals surface area contributed by atoms with Gasteiger partial charge >= 0.3 is 0 Å². The van der Waals surface area contributed by atoms with E-state index in [0.717, 1.165) is 36.5 Å². The van der Waals surface area contributed by atoms with Gasteiger partial charge in [-0.2, -0.15) is 0 Å². The summed E-state index contributed by atoms with van der Waals surface area (Å²) in [6.07, 6.45) is 4.77. The van der Waals surface area contributed by atoms with Crippen LogP contribution in [0.2, 0.25) is 0 Å². The number of carbonyl (C=O) groups excluding carboxylic acids is 1. The molecule has 2 aliphatic rings. The minimum atomic E-state index is -0.0225. The Labute approximate surface area is 153 Å². The van der Waals surface area contributed by atoms with E-state index in [9.17, 15) is 4.79 Å². The first-order valence-corrected chi connectivity index (χ1v) is 9.28. The van der Waals surface area contributed by atoms with Gasteiger partial charge in [-0.05, 0) is 31.9 Å². The van der Waals surface area contributed by atoms with Gasteiger partial charge < -0.3 is 14.5 Å². The number of aromatic nitrogens is 2. The highest BCUT2D eigenvalue weighted by molar-refractivity contribution is 5.94. The van der Waals surface area contributed by atoms with Crippen molar-refractivity contribution in [1.82, 2.24) is 14.9 Å². The summed E-state index contributed by atoms with van der Waals surface area (Å²) in [5.74, 6) is 1.59. The molecule has 2 fully saturated rings. The van der Waals surface area contributed by atoms with Crippen LogP contribution in [-0.2, 0) is 0 Å². The van der Waals surface area contributed by atoms with E-state index >= 15 is 0 Å². The van der Waals surface area contributed by atoms with Gasteiger partial charge in [-0.1, -0.05) is 17.7 Å². The van der Waals surface area contributed by atoms with Crippen molar-refractivity contribution in [3.05, 3.63) is 47.8 Å². The Kier molecular flexibility index (Phi) is 4.73. The van der Waals surface area contributed by atoms with Crippen molar-refractivity contribution in [3.8, 4) is 5.88 Å². The van der Waals surface area contributed by atoms with Crippen molar-refractivity contribution < 1.29 is 9.53 Å². The number of benzene rings is 1. The molecule has 136 valence electrons. The molecule has 0 saturated carbocycles. The highest BCUT2D eigenvalue weighted by Gasteiger charge is 2.28. The molecule has 4 rings (SSSR count). The Bertz CT molecular complexity index is 772. The summed E-state index contributed by atoms with van der Waals surface area (Å²) in [6, 6.07) is 9.63. The molecule has 0 radical (unpaired) electrons. The van der Waals surface area contributed by atoms with E-state index < -0.39 is 0 Å². The topological polar surface area (TPSA) is 58.6 Å². The number of hydrogen-bond acceptors (Lipinski definition) is 5. The van der Waals surface area contributed by atoms with E-state index in [2.05, 4.69) is 14.9 Å². The second-order valence-corrected chi connectivity index (χ2v) is 7.05. The fraction of sp³-hybridized carbons (Fsp3) is 0.450. The second kappa shape index (κ2) is 7.32. The normalized spacial score (nSPS) is 19.8. The fourth-order valence-electron chi connectivity index (χ4n) is 3.57. The number of likely N-dealkylation sites (tertiary alicyclic amines) is 1. The van der Waals surface area contributed by atoms with E-state index in [0.29, 0.717) is 19.0 Å². The van der Waals surface area contributed by atoms with E-state index in [1.54, 1.807) is 6.33 Å². The third kappa shape index (κ3) is 3.64. The van der Waals surface area contributed by atoms with Crippen molar-refractivity contribution in [2.24, 2.45) is 0 Å². The van der Waals surface area contributed by atoms with Crippen LogP contribution >= 0.6 is 0 Å². The molecule has 2 aromatic rings. The SMILES string of the molecule is Cc1ccc(C(=O)N2CCC(Oc3cc(N4CCCC4)ncn3)C2)cc1. The number of rotatable bonds is 4. The van der Waals surface area contributed by atoms with Crippen molar-refractivity contribution in [2.45, 2.75) is 32.3 Å². The molecular formula is C20H24N4O2. The zero-order chi connectivity index (χ0) is 17.9. The lowest BCUT2D eigenvalue weighted by Gasteiger charge is -2.19. The number of nitrogens with zero attached hydrogens (tertiary/aromatic N) is 4. The summed E-state index contributed by atoms with van der Waals surface area (Å²) in [5.41, 5.74) is 1.89. The van der Waals surface area contributed by atoms with Gasteiger partial charge in [-0.3, -0.25) is 4.79 Å². The molecule has 1 atom stereocenters. The van der Waals surface area contributed by atoms with Gasteiger partial charge in [0.15, 0.2) is 0 Å². The molecular weight excluding hydrogens is 328 g/mol. The molecule has 2 saturated heterocycles. The molecule has 1 unspecified atom stereocenters. The van der Waals surface area contributed by atoms with Crippen LogP contribution in [0.15, 0.2) is 36.7 Å². The van der Waals surface area contributed by atoms with Crippen molar-refractivity contribution in [1.29, 1.82) is 0 Å². The zero-order valence-corrected chi connectivity index (χ0v) is 15.1. The van der Waals surface area contributed by atoms with Crippen molar-refractivity contribution >= 4 is 11.7 Å². The minimum Gasteiger partial charge on any atom is -0.472 e. The van der Waals surface area contributed by atoms with Gasteiger partial charge in [-0.25, -0.2) is 9.97 Å². The second-order valence-electron chi connectivity index (χ2n) is 7.05. The third-order valence-electron chi connectivity index (χ3n) is 5.08. The number of carbonyl (C=O) groups is 1. The predicted molar refractivity (Wildman–Crippen MR) is 99.6 cm³/mol. The Morgan fingerprint density at radius 3 is 2.65 bits per heavy atom. The average molecular weight is 352 g/mol. The monoisotopic (exact) mass is 352 g/mol. The summed E-state index contributed by atoms with van der Waals surface area (Å²) in [7, 11) is 0. The van der Waals surface area contributed by atoms with Gasteiger partial charge in [0.2, 0.25) is 5.88 Å². The number of anilines is 1. The molecule has 1 amide bonds. The number of amides is 1. The van der Waals surface area contributed by atoms with E-state index in [-0.39, 0.29) is 12.0 Å². The average Bonchev–Trinajstić information content (AvgIpc) is 3.34. The van der Waals surface area contributed by atoms with Crippen LogP contribution in [0.25, 0.3) is 0 Å². The number of aryl methyl sites for hydroxylation is 1. The van der Waals surface area contributed by atoms with E-state index in [1.807, 2.05) is 42.2 Å². The molecule has 26 heavy (non-hydrogen) atoms. The van der Waals surface area contributed by atoms with E-state index in [4.69, 9.17) is 4.74 Å². The van der Waals surface area contributed by atoms with Gasteiger partial charge in [0.1, 0.15) is 18.2 Å². The Balaban J connectivity index is 1.37. The highest BCUT2D eigenvalue weighted by Crippen LogP contribution is 2.23. The maximum Gasteiger partial charge on any atom is 0.253 e. The standard InChI is InChI=1S/C20H24N4O2/c1-15-4-6-16(7-5-15)20(25)24-11-8-17(13-24)26-19-12-18(21-14-22-19)23-9-2-3-10-23/h4-7,12,14,17H,2-3,8-11,13H2,1H3. The number of hydrogen-bond donors (Lipinski definition) is 0. The van der Waals surface area contributed by atoms with Crippen molar-refractivity contribution in [2.75, 3.05) is 31.1 Å². The summed E-state index contributed by atoms with van der Waals surface area (Å²) in [5, 5.41) is 0. The summed E-state index contributed by atoms with van der Waals surface area (Å²) >= 11 is 0. The largest absolute Gasteiger partial charge is 0.472 e. The van der Waals surface area contributed by atoms with Gasteiger partial charge in [0, 0.05) is 37.7 Å². The van der Waals surface area contributed by atoms with Crippen LogP contribution in [0.5, 0.6) is 5.88 Å². The molecule has 6 nitrogen and oxygen atoms in total. The van der Waals surface area contributed by atoms with Crippen molar-refractivity contribution in [3.63, 3.8) is 0 Å². The van der Waals surface area contributed by atoms with Gasteiger partial charge in [0.25, 0.3) is 5.91 Å². The first kappa shape index (κ1) is 16.8. The van der Waals surface area contributed by atoms with Gasteiger partial charge in [0.05, 0.1) is 6.54 Å². The smallest absolute Gasteiger partial charge is 0.253 e. The molecule has 0 bridgehead atoms. The van der Waals surface area contributed by atoms with Gasteiger partial charge in [-0.15, -0.1) is 0 Å². The molecule has 6 heteroatoms.